The largest absolute Gasteiger partial charge is 0.472 e. The van der Waals surface area contributed by atoms with Gasteiger partial charge in [0.05, 0.1) is 35.0 Å². The molecule has 0 aliphatic heterocycles. The van der Waals surface area contributed by atoms with Crippen LogP contribution in [0.3, 0.4) is 0 Å². The number of halogens is 1. The third-order valence-electron chi connectivity index (χ3n) is 2.82. The fraction of sp³-hybridized carbons (Fsp3) is 0.417. The first-order valence-electron chi connectivity index (χ1n) is 5.53. The minimum atomic E-state index is -0.619. The van der Waals surface area contributed by atoms with Crippen molar-refractivity contribution >= 4 is 11.6 Å². The van der Waals surface area contributed by atoms with Crippen molar-refractivity contribution in [2.24, 2.45) is 7.05 Å². The van der Waals surface area contributed by atoms with E-state index in [0.717, 1.165) is 23.4 Å². The zero-order valence-corrected chi connectivity index (χ0v) is 10.6. The third kappa shape index (κ3) is 2.37. The SMILES string of the molecule is CCc1nn(C)c(CC(O)c2ccoc2)c1Cl. The van der Waals surface area contributed by atoms with Crippen molar-refractivity contribution in [3.8, 4) is 0 Å². The van der Waals surface area contributed by atoms with E-state index in [1.165, 1.54) is 6.26 Å². The van der Waals surface area contributed by atoms with Crippen LogP contribution in [0, 0.1) is 0 Å². The van der Waals surface area contributed by atoms with Crippen LogP contribution in [0.15, 0.2) is 23.0 Å². The van der Waals surface area contributed by atoms with E-state index < -0.39 is 6.10 Å². The van der Waals surface area contributed by atoms with Gasteiger partial charge in [0, 0.05) is 19.0 Å². The van der Waals surface area contributed by atoms with E-state index in [1.54, 1.807) is 17.0 Å². The lowest BCUT2D eigenvalue weighted by atomic mass is 10.1. The monoisotopic (exact) mass is 254 g/mol. The molecule has 0 saturated carbocycles. The van der Waals surface area contributed by atoms with Gasteiger partial charge in [-0.1, -0.05) is 18.5 Å². The Morgan fingerprint density at radius 1 is 1.59 bits per heavy atom. The minimum Gasteiger partial charge on any atom is -0.472 e. The second kappa shape index (κ2) is 4.94. The first-order valence-corrected chi connectivity index (χ1v) is 5.91. The number of hydrogen-bond acceptors (Lipinski definition) is 3. The molecule has 0 aliphatic carbocycles. The van der Waals surface area contributed by atoms with Crippen molar-refractivity contribution in [2.45, 2.75) is 25.9 Å². The molecule has 0 aliphatic rings. The summed E-state index contributed by atoms with van der Waals surface area (Å²) in [4.78, 5) is 0. The van der Waals surface area contributed by atoms with E-state index in [-0.39, 0.29) is 0 Å². The van der Waals surface area contributed by atoms with Crippen molar-refractivity contribution in [1.29, 1.82) is 0 Å². The van der Waals surface area contributed by atoms with Gasteiger partial charge in [0.1, 0.15) is 0 Å². The minimum absolute atomic E-state index is 0.432. The summed E-state index contributed by atoms with van der Waals surface area (Å²) in [6, 6.07) is 1.75. The zero-order chi connectivity index (χ0) is 12.4. The Morgan fingerprint density at radius 3 is 2.88 bits per heavy atom. The van der Waals surface area contributed by atoms with Gasteiger partial charge in [0.2, 0.25) is 0 Å². The topological polar surface area (TPSA) is 51.2 Å². The molecule has 5 heteroatoms. The summed E-state index contributed by atoms with van der Waals surface area (Å²) in [6.07, 6.45) is 3.68. The second-order valence-corrected chi connectivity index (χ2v) is 4.34. The number of aromatic nitrogens is 2. The normalized spacial score (nSPS) is 12.9. The van der Waals surface area contributed by atoms with Gasteiger partial charge in [-0.05, 0) is 12.5 Å². The summed E-state index contributed by atoms with van der Waals surface area (Å²) >= 11 is 6.22. The predicted octanol–water partition coefficient (Wildman–Crippen LogP) is 2.51. The fourth-order valence-electron chi connectivity index (χ4n) is 1.81. The number of aliphatic hydroxyl groups is 1. The number of nitrogens with zero attached hydrogens (tertiary/aromatic N) is 2. The lowest BCUT2D eigenvalue weighted by molar-refractivity contribution is 0.175. The summed E-state index contributed by atoms with van der Waals surface area (Å²) in [6.45, 7) is 2.00. The Morgan fingerprint density at radius 2 is 2.35 bits per heavy atom. The van der Waals surface area contributed by atoms with E-state index in [1.807, 2.05) is 14.0 Å². The van der Waals surface area contributed by atoms with Crippen LogP contribution in [-0.2, 0) is 19.9 Å². The van der Waals surface area contributed by atoms with E-state index in [0.29, 0.717) is 11.4 Å². The van der Waals surface area contributed by atoms with E-state index in [9.17, 15) is 5.11 Å². The Labute approximate surface area is 105 Å². The molecule has 2 aromatic rings. The average Bonchev–Trinajstić information content (AvgIpc) is 2.92. The molecule has 0 amide bonds. The van der Waals surface area contributed by atoms with Crippen LogP contribution in [0.4, 0.5) is 0 Å². The quantitative estimate of drug-likeness (QED) is 0.912. The Balaban J connectivity index is 2.21. The zero-order valence-electron chi connectivity index (χ0n) is 9.85. The maximum atomic E-state index is 10.0. The van der Waals surface area contributed by atoms with Gasteiger partial charge in [0.15, 0.2) is 0 Å². The van der Waals surface area contributed by atoms with Gasteiger partial charge in [-0.2, -0.15) is 5.10 Å². The molecule has 0 saturated heterocycles. The number of furan rings is 1. The molecule has 2 aromatic heterocycles. The molecule has 0 bridgehead atoms. The molecule has 17 heavy (non-hydrogen) atoms. The summed E-state index contributed by atoms with van der Waals surface area (Å²) in [5, 5.41) is 15.0. The van der Waals surface area contributed by atoms with Crippen LogP contribution < -0.4 is 0 Å². The van der Waals surface area contributed by atoms with Crippen LogP contribution in [-0.4, -0.2) is 14.9 Å². The molecule has 0 radical (unpaired) electrons. The number of aryl methyl sites for hydroxylation is 2. The van der Waals surface area contributed by atoms with Crippen LogP contribution in [0.25, 0.3) is 0 Å². The van der Waals surface area contributed by atoms with Gasteiger partial charge in [-0.3, -0.25) is 4.68 Å². The van der Waals surface area contributed by atoms with Gasteiger partial charge in [-0.25, -0.2) is 0 Å². The molecule has 2 rings (SSSR count). The highest BCUT2D eigenvalue weighted by Gasteiger charge is 2.18. The molecule has 1 unspecified atom stereocenters. The lowest BCUT2D eigenvalue weighted by Gasteiger charge is -2.08. The maximum absolute atomic E-state index is 10.0. The predicted molar refractivity (Wildman–Crippen MR) is 65.0 cm³/mol. The van der Waals surface area contributed by atoms with E-state index >= 15 is 0 Å². The summed E-state index contributed by atoms with van der Waals surface area (Å²) in [5.74, 6) is 0. The number of aliphatic hydroxyl groups excluding tert-OH is 1. The molecule has 0 fully saturated rings. The molecule has 92 valence electrons. The molecule has 4 nitrogen and oxygen atoms in total. The molecular weight excluding hydrogens is 240 g/mol. The van der Waals surface area contributed by atoms with Crippen LogP contribution in [0.2, 0.25) is 5.02 Å². The third-order valence-corrected chi connectivity index (χ3v) is 3.25. The molecular formula is C12H15ClN2O2. The molecule has 0 aromatic carbocycles. The first-order chi connectivity index (χ1) is 8.13. The van der Waals surface area contributed by atoms with Gasteiger partial charge in [-0.15, -0.1) is 0 Å². The number of rotatable bonds is 4. The van der Waals surface area contributed by atoms with E-state index in [2.05, 4.69) is 5.10 Å². The van der Waals surface area contributed by atoms with Gasteiger partial charge < -0.3 is 9.52 Å². The highest BCUT2D eigenvalue weighted by molar-refractivity contribution is 6.31. The number of hydrogen-bond donors (Lipinski definition) is 1. The Hall–Kier alpha value is -1.26. The van der Waals surface area contributed by atoms with Crippen molar-refractivity contribution < 1.29 is 9.52 Å². The van der Waals surface area contributed by atoms with Crippen LogP contribution >= 0.6 is 11.6 Å². The van der Waals surface area contributed by atoms with Crippen molar-refractivity contribution in [1.82, 2.24) is 9.78 Å². The highest BCUT2D eigenvalue weighted by atomic mass is 35.5. The van der Waals surface area contributed by atoms with Crippen molar-refractivity contribution in [3.63, 3.8) is 0 Å². The maximum Gasteiger partial charge on any atom is 0.0960 e. The second-order valence-electron chi connectivity index (χ2n) is 3.96. The standard InChI is InChI=1S/C12H15ClN2O2/c1-3-9-12(13)10(15(2)14-9)6-11(16)8-4-5-17-7-8/h4-5,7,11,16H,3,6H2,1-2H3. The van der Waals surface area contributed by atoms with Crippen LogP contribution in [0.1, 0.15) is 30.0 Å². The Kier molecular flexibility index (Phi) is 3.54. The molecule has 1 atom stereocenters. The highest BCUT2D eigenvalue weighted by Crippen LogP contribution is 2.26. The molecule has 0 spiro atoms. The van der Waals surface area contributed by atoms with Gasteiger partial charge >= 0.3 is 0 Å². The summed E-state index contributed by atoms with van der Waals surface area (Å²) in [7, 11) is 1.84. The molecule has 1 N–H and O–H groups in total. The van der Waals surface area contributed by atoms with Crippen molar-refractivity contribution in [2.75, 3.05) is 0 Å². The Bertz CT molecular complexity index is 491. The summed E-state index contributed by atoms with van der Waals surface area (Å²) in [5.41, 5.74) is 2.46. The van der Waals surface area contributed by atoms with Crippen molar-refractivity contribution in [3.05, 3.63) is 40.6 Å². The van der Waals surface area contributed by atoms with Gasteiger partial charge in [0.25, 0.3) is 0 Å². The lowest BCUT2D eigenvalue weighted by Crippen LogP contribution is -2.06. The van der Waals surface area contributed by atoms with E-state index in [4.69, 9.17) is 16.0 Å². The van der Waals surface area contributed by atoms with Crippen LogP contribution in [0.5, 0.6) is 0 Å². The first kappa shape index (κ1) is 12.2. The molecule has 2 heterocycles. The average molecular weight is 255 g/mol. The summed E-state index contributed by atoms with van der Waals surface area (Å²) < 4.78 is 6.67. The smallest absolute Gasteiger partial charge is 0.0960 e. The fourth-order valence-corrected chi connectivity index (χ4v) is 2.18.